The first kappa shape index (κ1) is 17.0. The first-order valence-corrected chi connectivity index (χ1v) is 7.03. The number of carbonyl (C=O) groups is 1. The van der Waals surface area contributed by atoms with Gasteiger partial charge in [-0.1, -0.05) is 6.58 Å². The monoisotopic (exact) mass is 288 g/mol. The third kappa shape index (κ3) is 4.74. The third-order valence-corrected chi connectivity index (χ3v) is 3.32. The Morgan fingerprint density at radius 3 is 2.62 bits per heavy atom. The smallest absolute Gasteiger partial charge is 0.338 e. The van der Waals surface area contributed by atoms with Crippen molar-refractivity contribution in [2.75, 3.05) is 20.2 Å². The van der Waals surface area contributed by atoms with E-state index in [1.165, 1.54) is 0 Å². The molecule has 0 bridgehead atoms. The molecule has 0 aliphatic rings. The predicted octanol–water partition coefficient (Wildman–Crippen LogP) is 3.65. The van der Waals surface area contributed by atoms with Crippen molar-refractivity contribution in [1.82, 2.24) is 4.90 Å². The van der Waals surface area contributed by atoms with E-state index >= 15 is 0 Å². The number of hydrogen-bond donors (Lipinski definition) is 0. The van der Waals surface area contributed by atoms with Gasteiger partial charge in [0.1, 0.15) is 6.61 Å². The highest BCUT2D eigenvalue weighted by Crippen LogP contribution is 2.25. The zero-order valence-electron chi connectivity index (χ0n) is 13.6. The summed E-state index contributed by atoms with van der Waals surface area (Å²) in [4.78, 5) is 18.5. The van der Waals surface area contributed by atoms with Crippen LogP contribution in [0.25, 0.3) is 0 Å². The molecule has 1 aromatic carbocycles. The SMILES string of the molecule is C=C(C)COC(=O)c1ccc(N=CN(C)CC)c(C)c1C. The molecule has 0 aliphatic carbocycles. The Kier molecular flexibility index (Phi) is 6.15. The summed E-state index contributed by atoms with van der Waals surface area (Å²) in [5, 5.41) is 0. The molecule has 1 rings (SSSR count). The molecule has 0 saturated carbocycles. The van der Waals surface area contributed by atoms with Gasteiger partial charge in [-0.05, 0) is 56.5 Å². The van der Waals surface area contributed by atoms with Gasteiger partial charge in [0.25, 0.3) is 0 Å². The van der Waals surface area contributed by atoms with Crippen molar-refractivity contribution in [3.05, 3.63) is 41.0 Å². The van der Waals surface area contributed by atoms with Crippen molar-refractivity contribution in [3.8, 4) is 0 Å². The van der Waals surface area contributed by atoms with Gasteiger partial charge in [-0.3, -0.25) is 0 Å². The van der Waals surface area contributed by atoms with Crippen molar-refractivity contribution in [2.45, 2.75) is 27.7 Å². The molecule has 0 radical (unpaired) electrons. The molecule has 0 aliphatic heterocycles. The summed E-state index contributed by atoms with van der Waals surface area (Å²) in [7, 11) is 1.97. The lowest BCUT2D eigenvalue weighted by molar-refractivity contribution is 0.0539. The first-order valence-electron chi connectivity index (χ1n) is 7.03. The fraction of sp³-hybridized carbons (Fsp3) is 0.412. The average Bonchev–Trinajstić information content (AvgIpc) is 2.45. The zero-order chi connectivity index (χ0) is 16.0. The van der Waals surface area contributed by atoms with Crippen LogP contribution in [0, 0.1) is 13.8 Å². The number of aliphatic imine (C=N–C) groups is 1. The van der Waals surface area contributed by atoms with Crippen LogP contribution in [-0.2, 0) is 4.74 Å². The average molecular weight is 288 g/mol. The van der Waals surface area contributed by atoms with Crippen LogP contribution in [0.3, 0.4) is 0 Å². The van der Waals surface area contributed by atoms with Crippen LogP contribution in [0.2, 0.25) is 0 Å². The van der Waals surface area contributed by atoms with E-state index in [1.54, 1.807) is 12.4 Å². The number of esters is 1. The van der Waals surface area contributed by atoms with Crippen LogP contribution < -0.4 is 0 Å². The van der Waals surface area contributed by atoms with Gasteiger partial charge >= 0.3 is 5.97 Å². The van der Waals surface area contributed by atoms with E-state index in [9.17, 15) is 4.79 Å². The Balaban J connectivity index is 2.97. The second kappa shape index (κ2) is 7.62. The Morgan fingerprint density at radius 2 is 2.05 bits per heavy atom. The number of ether oxygens (including phenoxy) is 1. The molecule has 0 aromatic heterocycles. The van der Waals surface area contributed by atoms with Crippen LogP contribution in [0.1, 0.15) is 35.3 Å². The molecule has 4 heteroatoms. The quantitative estimate of drug-likeness (QED) is 0.347. The van der Waals surface area contributed by atoms with E-state index in [0.717, 1.165) is 28.9 Å². The highest BCUT2D eigenvalue weighted by atomic mass is 16.5. The molecule has 0 unspecified atom stereocenters. The van der Waals surface area contributed by atoms with E-state index in [1.807, 2.05) is 38.8 Å². The van der Waals surface area contributed by atoms with Gasteiger partial charge in [0.05, 0.1) is 17.6 Å². The van der Waals surface area contributed by atoms with E-state index in [2.05, 4.69) is 18.5 Å². The summed E-state index contributed by atoms with van der Waals surface area (Å²) in [6, 6.07) is 3.61. The lowest BCUT2D eigenvalue weighted by Crippen LogP contribution is -2.14. The second-order valence-corrected chi connectivity index (χ2v) is 5.23. The summed E-state index contributed by atoms with van der Waals surface area (Å²) in [5.41, 5.74) is 4.15. The van der Waals surface area contributed by atoms with Crippen molar-refractivity contribution >= 4 is 18.0 Å². The molecule has 1 aromatic rings. The number of carbonyl (C=O) groups excluding carboxylic acids is 1. The van der Waals surface area contributed by atoms with E-state index in [4.69, 9.17) is 4.74 Å². The van der Waals surface area contributed by atoms with E-state index < -0.39 is 0 Å². The second-order valence-electron chi connectivity index (χ2n) is 5.23. The van der Waals surface area contributed by atoms with Crippen LogP contribution in [0.5, 0.6) is 0 Å². The number of rotatable bonds is 6. The fourth-order valence-electron chi connectivity index (χ4n) is 1.68. The normalized spacial score (nSPS) is 10.7. The van der Waals surface area contributed by atoms with Gasteiger partial charge in [0.2, 0.25) is 0 Å². The molecule has 0 spiro atoms. The van der Waals surface area contributed by atoms with Gasteiger partial charge in [-0.25, -0.2) is 9.79 Å². The summed E-state index contributed by atoms with van der Waals surface area (Å²) >= 11 is 0. The highest BCUT2D eigenvalue weighted by Gasteiger charge is 2.13. The Hall–Kier alpha value is -2.10. The number of nitrogens with zero attached hydrogens (tertiary/aromatic N) is 2. The molecular weight excluding hydrogens is 264 g/mol. The van der Waals surface area contributed by atoms with Crippen LogP contribution in [-0.4, -0.2) is 37.4 Å². The minimum atomic E-state index is -0.320. The summed E-state index contributed by atoms with van der Waals surface area (Å²) < 4.78 is 5.20. The topological polar surface area (TPSA) is 41.9 Å². The number of hydrogen-bond acceptors (Lipinski definition) is 3. The molecule has 114 valence electrons. The molecule has 0 fully saturated rings. The van der Waals surface area contributed by atoms with Crippen LogP contribution >= 0.6 is 0 Å². The third-order valence-electron chi connectivity index (χ3n) is 3.32. The highest BCUT2D eigenvalue weighted by molar-refractivity contribution is 5.92. The van der Waals surface area contributed by atoms with Gasteiger partial charge in [-0.2, -0.15) is 0 Å². The maximum Gasteiger partial charge on any atom is 0.338 e. The molecule has 4 nitrogen and oxygen atoms in total. The Morgan fingerprint density at radius 1 is 1.38 bits per heavy atom. The van der Waals surface area contributed by atoms with E-state index in [0.29, 0.717) is 5.56 Å². The summed E-state index contributed by atoms with van der Waals surface area (Å²) in [6.07, 6.45) is 1.79. The molecule has 0 saturated heterocycles. The molecule has 0 amide bonds. The van der Waals surface area contributed by atoms with Gasteiger partial charge in [-0.15, -0.1) is 0 Å². The molecule has 0 atom stereocenters. The van der Waals surface area contributed by atoms with Gasteiger partial charge in [0, 0.05) is 13.6 Å². The van der Waals surface area contributed by atoms with E-state index in [-0.39, 0.29) is 12.6 Å². The Labute approximate surface area is 127 Å². The van der Waals surface area contributed by atoms with Crippen molar-refractivity contribution in [3.63, 3.8) is 0 Å². The minimum absolute atomic E-state index is 0.249. The first-order chi connectivity index (χ1) is 9.86. The van der Waals surface area contributed by atoms with Crippen molar-refractivity contribution in [1.29, 1.82) is 0 Å². The maximum atomic E-state index is 12.0. The largest absolute Gasteiger partial charge is 0.458 e. The van der Waals surface area contributed by atoms with Gasteiger partial charge < -0.3 is 9.64 Å². The fourth-order valence-corrected chi connectivity index (χ4v) is 1.68. The van der Waals surface area contributed by atoms with Crippen molar-refractivity contribution in [2.24, 2.45) is 4.99 Å². The number of benzene rings is 1. The minimum Gasteiger partial charge on any atom is -0.458 e. The van der Waals surface area contributed by atoms with Crippen molar-refractivity contribution < 1.29 is 9.53 Å². The lowest BCUT2D eigenvalue weighted by atomic mass is 10.0. The van der Waals surface area contributed by atoms with Crippen LogP contribution in [0.15, 0.2) is 29.3 Å². The lowest BCUT2D eigenvalue weighted by Gasteiger charge is -2.12. The Bertz CT molecular complexity index is 562. The standard InChI is InChI=1S/C17H24N2O2/c1-7-19(6)11-18-16-9-8-15(13(4)14(16)5)17(20)21-10-12(2)3/h8-9,11H,2,7,10H2,1,3-6H3. The molecule has 0 heterocycles. The molecule has 0 N–H and O–H groups in total. The zero-order valence-corrected chi connectivity index (χ0v) is 13.6. The summed E-state index contributed by atoms with van der Waals surface area (Å²) in [5.74, 6) is -0.320. The predicted molar refractivity (Wildman–Crippen MR) is 87.5 cm³/mol. The maximum absolute atomic E-state index is 12.0. The molecular formula is C17H24N2O2. The summed E-state index contributed by atoms with van der Waals surface area (Å²) in [6.45, 7) is 12.6. The van der Waals surface area contributed by atoms with Crippen LogP contribution in [0.4, 0.5) is 5.69 Å². The molecule has 21 heavy (non-hydrogen) atoms. The van der Waals surface area contributed by atoms with Gasteiger partial charge in [0.15, 0.2) is 0 Å².